The van der Waals surface area contributed by atoms with Gasteiger partial charge in [-0.1, -0.05) is 30.1 Å². The second kappa shape index (κ2) is 7.38. The summed E-state index contributed by atoms with van der Waals surface area (Å²) in [7, 11) is 0. The Morgan fingerprint density at radius 1 is 1.23 bits per heavy atom. The van der Waals surface area contributed by atoms with Gasteiger partial charge in [-0.25, -0.2) is 0 Å². The molecule has 0 heterocycles. The van der Waals surface area contributed by atoms with E-state index in [1.54, 1.807) is 36.4 Å². The number of ether oxygens (including phenoxy) is 1. The average molecular weight is 339 g/mol. The Morgan fingerprint density at radius 2 is 2.00 bits per heavy atom. The summed E-state index contributed by atoms with van der Waals surface area (Å²) in [6, 6.07) is 9.77. The summed E-state index contributed by atoms with van der Waals surface area (Å²) in [4.78, 5) is 12.2. The normalized spacial score (nSPS) is 10.3. The Bertz CT molecular complexity index is 690. The van der Waals surface area contributed by atoms with Gasteiger partial charge in [-0.3, -0.25) is 4.79 Å². The van der Waals surface area contributed by atoms with E-state index in [2.05, 4.69) is 5.32 Å². The van der Waals surface area contributed by atoms with Gasteiger partial charge in [0, 0.05) is 10.6 Å². The smallest absolute Gasteiger partial charge is 0.255 e. The number of nitrogens with two attached hydrogens (primary N) is 1. The van der Waals surface area contributed by atoms with Crippen LogP contribution in [-0.2, 0) is 0 Å². The monoisotopic (exact) mass is 338 g/mol. The van der Waals surface area contributed by atoms with E-state index < -0.39 is 0 Å². The highest BCUT2D eigenvalue weighted by molar-refractivity contribution is 6.36. The molecule has 2 rings (SSSR count). The minimum atomic E-state index is -0.307. The van der Waals surface area contributed by atoms with E-state index >= 15 is 0 Å². The zero-order chi connectivity index (χ0) is 16.1. The van der Waals surface area contributed by atoms with Crippen LogP contribution in [0.15, 0.2) is 36.4 Å². The number of carbonyl (C=O) groups is 1. The Hall–Kier alpha value is -1.91. The molecule has 0 aromatic heterocycles. The van der Waals surface area contributed by atoms with Crippen molar-refractivity contribution in [3.8, 4) is 5.75 Å². The first-order valence-electron chi connectivity index (χ1n) is 6.80. The fourth-order valence-electron chi connectivity index (χ4n) is 1.82. The van der Waals surface area contributed by atoms with Gasteiger partial charge in [-0.2, -0.15) is 0 Å². The summed E-state index contributed by atoms with van der Waals surface area (Å²) >= 11 is 11.9. The number of halogens is 2. The Morgan fingerprint density at radius 3 is 2.64 bits per heavy atom. The van der Waals surface area contributed by atoms with Crippen LogP contribution in [0.2, 0.25) is 10.0 Å². The largest absolute Gasteiger partial charge is 0.491 e. The number of carbonyl (C=O) groups excluding carboxylic acids is 1. The molecule has 1 amide bonds. The van der Waals surface area contributed by atoms with Crippen LogP contribution in [0.25, 0.3) is 0 Å². The molecule has 0 atom stereocenters. The van der Waals surface area contributed by atoms with Gasteiger partial charge in [0.2, 0.25) is 0 Å². The summed E-state index contributed by atoms with van der Waals surface area (Å²) in [5, 5.41) is 3.59. The van der Waals surface area contributed by atoms with Crippen molar-refractivity contribution in [1.82, 2.24) is 0 Å². The summed E-state index contributed by atoms with van der Waals surface area (Å²) in [5.41, 5.74) is 7.22. The lowest BCUT2D eigenvalue weighted by Gasteiger charge is -2.11. The molecule has 0 saturated carbocycles. The van der Waals surface area contributed by atoms with Crippen LogP contribution in [0.3, 0.4) is 0 Å². The van der Waals surface area contributed by atoms with E-state index in [-0.39, 0.29) is 5.91 Å². The number of nitrogens with one attached hydrogen (secondary N) is 1. The molecule has 2 aromatic rings. The summed E-state index contributed by atoms with van der Waals surface area (Å²) < 4.78 is 5.48. The third-order valence-electron chi connectivity index (χ3n) is 2.91. The number of nitrogen functional groups attached to an aromatic ring is 1. The highest BCUT2D eigenvalue weighted by atomic mass is 35.5. The zero-order valence-corrected chi connectivity index (χ0v) is 13.5. The molecule has 116 valence electrons. The molecule has 0 radical (unpaired) electrons. The van der Waals surface area contributed by atoms with E-state index in [1.165, 1.54) is 0 Å². The van der Waals surface area contributed by atoms with Crippen molar-refractivity contribution >= 4 is 40.5 Å². The first kappa shape index (κ1) is 16.5. The first-order valence-corrected chi connectivity index (χ1v) is 7.55. The number of amides is 1. The van der Waals surface area contributed by atoms with Gasteiger partial charge < -0.3 is 15.8 Å². The number of hydrogen-bond acceptors (Lipinski definition) is 3. The maximum Gasteiger partial charge on any atom is 0.255 e. The van der Waals surface area contributed by atoms with Crippen molar-refractivity contribution in [1.29, 1.82) is 0 Å². The number of anilines is 2. The summed E-state index contributed by atoms with van der Waals surface area (Å²) in [6.07, 6.45) is 0.886. The van der Waals surface area contributed by atoms with Gasteiger partial charge in [-0.15, -0.1) is 0 Å². The van der Waals surface area contributed by atoms with Crippen molar-refractivity contribution in [3.05, 3.63) is 52.0 Å². The lowest BCUT2D eigenvalue weighted by Crippen LogP contribution is -2.13. The van der Waals surface area contributed by atoms with E-state index in [4.69, 9.17) is 33.7 Å². The van der Waals surface area contributed by atoms with Crippen molar-refractivity contribution in [2.45, 2.75) is 13.3 Å². The second-order valence-corrected chi connectivity index (χ2v) is 5.52. The lowest BCUT2D eigenvalue weighted by molar-refractivity contribution is 0.102. The highest BCUT2D eigenvalue weighted by Gasteiger charge is 2.11. The maximum atomic E-state index is 12.2. The molecule has 0 unspecified atom stereocenters. The summed E-state index contributed by atoms with van der Waals surface area (Å²) in [6.45, 7) is 2.59. The third kappa shape index (κ3) is 4.06. The number of benzene rings is 2. The molecule has 3 N–H and O–H groups in total. The maximum absolute atomic E-state index is 12.2. The van der Waals surface area contributed by atoms with E-state index in [0.717, 1.165) is 6.42 Å². The van der Waals surface area contributed by atoms with Crippen LogP contribution in [0.4, 0.5) is 11.4 Å². The Kier molecular flexibility index (Phi) is 5.52. The van der Waals surface area contributed by atoms with Crippen LogP contribution in [0.5, 0.6) is 5.75 Å². The van der Waals surface area contributed by atoms with Gasteiger partial charge in [0.25, 0.3) is 5.91 Å². The molecule has 22 heavy (non-hydrogen) atoms. The predicted molar refractivity (Wildman–Crippen MR) is 91.1 cm³/mol. The Balaban J connectivity index is 2.14. The predicted octanol–water partition coefficient (Wildman–Crippen LogP) is 4.62. The molecule has 0 saturated heterocycles. The minimum Gasteiger partial charge on any atom is -0.491 e. The van der Waals surface area contributed by atoms with Gasteiger partial charge in [0.1, 0.15) is 5.75 Å². The van der Waals surface area contributed by atoms with Gasteiger partial charge >= 0.3 is 0 Å². The van der Waals surface area contributed by atoms with Crippen LogP contribution in [0.1, 0.15) is 23.7 Å². The van der Waals surface area contributed by atoms with E-state index in [9.17, 15) is 4.79 Å². The van der Waals surface area contributed by atoms with E-state index in [1.807, 2.05) is 6.92 Å². The zero-order valence-electron chi connectivity index (χ0n) is 12.0. The number of rotatable bonds is 5. The molecule has 0 fully saturated rings. The highest BCUT2D eigenvalue weighted by Crippen LogP contribution is 2.27. The molecular formula is C16H16Cl2N2O2. The molecule has 0 bridgehead atoms. The van der Waals surface area contributed by atoms with Crippen molar-refractivity contribution < 1.29 is 9.53 Å². The molecular weight excluding hydrogens is 323 g/mol. The van der Waals surface area contributed by atoms with Crippen LogP contribution < -0.4 is 15.8 Å². The third-order valence-corrected chi connectivity index (χ3v) is 3.46. The molecule has 4 nitrogen and oxygen atoms in total. The molecule has 6 heteroatoms. The molecule has 0 aliphatic rings. The van der Waals surface area contributed by atoms with Crippen molar-refractivity contribution in [2.75, 3.05) is 17.7 Å². The van der Waals surface area contributed by atoms with E-state index in [0.29, 0.717) is 39.3 Å². The standard InChI is InChI=1S/C16H16Cl2N2O2/c1-2-7-22-15-6-3-10(8-13(15)19)16(21)20-14-5-4-11(17)9-12(14)18/h3-6,8-9H,2,7,19H2,1H3,(H,20,21). The second-order valence-electron chi connectivity index (χ2n) is 4.68. The minimum absolute atomic E-state index is 0.307. The van der Waals surface area contributed by atoms with Gasteiger partial charge in [0.05, 0.1) is 23.0 Å². The SMILES string of the molecule is CCCOc1ccc(C(=O)Nc2ccc(Cl)cc2Cl)cc1N. The molecule has 0 aliphatic carbocycles. The molecule has 0 spiro atoms. The van der Waals surface area contributed by atoms with Gasteiger partial charge in [-0.05, 0) is 42.8 Å². The lowest BCUT2D eigenvalue weighted by atomic mass is 10.1. The fourth-order valence-corrected chi connectivity index (χ4v) is 2.27. The quantitative estimate of drug-likeness (QED) is 0.782. The molecule has 0 aliphatic heterocycles. The van der Waals surface area contributed by atoms with Crippen molar-refractivity contribution in [2.24, 2.45) is 0 Å². The number of hydrogen-bond donors (Lipinski definition) is 2. The topological polar surface area (TPSA) is 64.3 Å². The van der Waals surface area contributed by atoms with Crippen LogP contribution >= 0.6 is 23.2 Å². The van der Waals surface area contributed by atoms with Crippen LogP contribution in [0, 0.1) is 0 Å². The average Bonchev–Trinajstić information content (AvgIpc) is 2.48. The van der Waals surface area contributed by atoms with Gasteiger partial charge in [0.15, 0.2) is 0 Å². The Labute approximate surface area is 139 Å². The van der Waals surface area contributed by atoms with Crippen LogP contribution in [-0.4, -0.2) is 12.5 Å². The van der Waals surface area contributed by atoms with Crippen molar-refractivity contribution in [3.63, 3.8) is 0 Å². The first-order chi connectivity index (χ1) is 10.5. The molecule has 2 aromatic carbocycles. The fraction of sp³-hybridized carbons (Fsp3) is 0.188. The summed E-state index contributed by atoms with van der Waals surface area (Å²) in [5.74, 6) is 0.265.